The van der Waals surface area contributed by atoms with Crippen LogP contribution in [-0.4, -0.2) is 36.2 Å². The summed E-state index contributed by atoms with van der Waals surface area (Å²) in [6, 6.07) is 4.30. The van der Waals surface area contributed by atoms with Gasteiger partial charge >= 0.3 is 12.1 Å². The van der Waals surface area contributed by atoms with E-state index in [1.807, 2.05) is 0 Å². The number of benzene rings is 1. The lowest BCUT2D eigenvalue weighted by Crippen LogP contribution is -2.37. The molecule has 0 unspecified atom stereocenters. The predicted molar refractivity (Wildman–Crippen MR) is 96.5 cm³/mol. The Kier molecular flexibility index (Phi) is 8.09. The van der Waals surface area contributed by atoms with Crippen molar-refractivity contribution in [2.24, 2.45) is 0 Å². The van der Waals surface area contributed by atoms with Crippen molar-refractivity contribution in [3.05, 3.63) is 46.2 Å². The Balaban J connectivity index is 2.86. The highest BCUT2D eigenvalue weighted by molar-refractivity contribution is 9.10. The van der Waals surface area contributed by atoms with Crippen LogP contribution in [0.2, 0.25) is 0 Å². The molecule has 0 bridgehead atoms. The topological polar surface area (TPSA) is 55.8 Å². The molecule has 7 heteroatoms. The number of hydrogen-bond donors (Lipinski definition) is 0. The maximum Gasteiger partial charge on any atom is 0.410 e. The molecule has 0 saturated heterocycles. The summed E-state index contributed by atoms with van der Waals surface area (Å²) >= 11 is 3.36. The van der Waals surface area contributed by atoms with Crippen LogP contribution in [0.1, 0.15) is 32.8 Å². The number of halogens is 2. The number of esters is 1. The lowest BCUT2D eigenvalue weighted by atomic mass is 10.2. The van der Waals surface area contributed by atoms with E-state index in [9.17, 15) is 14.0 Å². The van der Waals surface area contributed by atoms with Gasteiger partial charge in [-0.2, -0.15) is 0 Å². The van der Waals surface area contributed by atoms with Crippen molar-refractivity contribution in [2.45, 2.75) is 39.3 Å². The molecular weight excluding hydrogens is 393 g/mol. The summed E-state index contributed by atoms with van der Waals surface area (Å²) in [5, 5.41) is 0. The molecule has 1 aromatic rings. The Morgan fingerprint density at radius 3 is 2.60 bits per heavy atom. The van der Waals surface area contributed by atoms with Crippen molar-refractivity contribution in [3.8, 4) is 0 Å². The first kappa shape index (κ1) is 21.2. The Hall–Kier alpha value is -1.89. The van der Waals surface area contributed by atoms with Gasteiger partial charge in [-0.1, -0.05) is 22.0 Å². The summed E-state index contributed by atoms with van der Waals surface area (Å²) in [6.07, 6.45) is 2.84. The normalized spacial score (nSPS) is 11.4. The fraction of sp³-hybridized carbons (Fsp3) is 0.444. The number of amides is 1. The third kappa shape index (κ3) is 8.16. The van der Waals surface area contributed by atoms with Crippen LogP contribution in [0, 0.1) is 5.82 Å². The van der Waals surface area contributed by atoms with E-state index in [1.165, 1.54) is 30.2 Å². The number of ether oxygens (including phenoxy) is 2. The third-order valence-corrected chi connectivity index (χ3v) is 3.82. The zero-order chi connectivity index (χ0) is 19.0. The van der Waals surface area contributed by atoms with E-state index in [-0.39, 0.29) is 12.4 Å². The highest BCUT2D eigenvalue weighted by atomic mass is 79.9. The third-order valence-electron chi connectivity index (χ3n) is 3.04. The maximum absolute atomic E-state index is 13.5. The zero-order valence-corrected chi connectivity index (χ0v) is 16.4. The highest BCUT2D eigenvalue weighted by Crippen LogP contribution is 2.21. The molecule has 138 valence electrons. The van der Waals surface area contributed by atoms with Crippen molar-refractivity contribution >= 4 is 28.0 Å². The minimum atomic E-state index is -0.643. The Morgan fingerprint density at radius 2 is 2.00 bits per heavy atom. The van der Waals surface area contributed by atoms with E-state index in [0.29, 0.717) is 23.0 Å². The van der Waals surface area contributed by atoms with Gasteiger partial charge in [0.2, 0.25) is 0 Å². The zero-order valence-electron chi connectivity index (χ0n) is 14.8. The molecule has 0 heterocycles. The average molecular weight is 416 g/mol. The Bertz CT molecular complexity index is 640. The number of carbonyl (C=O) groups excluding carboxylic acids is 2. The number of methoxy groups -OCH3 is 1. The van der Waals surface area contributed by atoms with E-state index in [2.05, 4.69) is 20.7 Å². The predicted octanol–water partition coefficient (Wildman–Crippen LogP) is 4.44. The van der Waals surface area contributed by atoms with Gasteiger partial charge in [0.25, 0.3) is 0 Å². The van der Waals surface area contributed by atoms with E-state index < -0.39 is 17.7 Å². The van der Waals surface area contributed by atoms with Gasteiger partial charge in [0, 0.05) is 17.1 Å². The van der Waals surface area contributed by atoms with E-state index in [1.54, 1.807) is 32.9 Å². The largest absolute Gasteiger partial charge is 0.466 e. The van der Waals surface area contributed by atoms with Crippen molar-refractivity contribution in [2.75, 3.05) is 13.7 Å². The average Bonchev–Trinajstić information content (AvgIpc) is 2.51. The van der Waals surface area contributed by atoms with Crippen LogP contribution in [-0.2, 0) is 20.8 Å². The van der Waals surface area contributed by atoms with Crippen molar-refractivity contribution in [1.82, 2.24) is 4.90 Å². The lowest BCUT2D eigenvalue weighted by Gasteiger charge is -2.27. The van der Waals surface area contributed by atoms with Gasteiger partial charge in [0.1, 0.15) is 11.4 Å². The van der Waals surface area contributed by atoms with Gasteiger partial charge in [0.05, 0.1) is 13.7 Å². The van der Waals surface area contributed by atoms with Gasteiger partial charge < -0.3 is 14.4 Å². The van der Waals surface area contributed by atoms with Crippen molar-refractivity contribution < 1.29 is 23.5 Å². The van der Waals surface area contributed by atoms with Crippen LogP contribution in [0.3, 0.4) is 0 Å². The summed E-state index contributed by atoms with van der Waals surface area (Å²) in [4.78, 5) is 25.0. The van der Waals surface area contributed by atoms with Crippen LogP contribution in [0.15, 0.2) is 34.8 Å². The van der Waals surface area contributed by atoms with Crippen molar-refractivity contribution in [3.63, 3.8) is 0 Å². The molecule has 0 aliphatic rings. The van der Waals surface area contributed by atoms with Gasteiger partial charge in [-0.15, -0.1) is 0 Å². The molecule has 0 aliphatic carbocycles. The standard InChI is InChI=1S/C18H23BrFNO4/c1-18(2,3)25-17(23)21(10-6-5-7-16(22)24-4)12-13-11-14(20)8-9-15(13)19/h5,7-9,11H,6,10,12H2,1-4H3/b7-5+. The SMILES string of the molecule is COC(=O)/C=C/CCN(Cc1cc(F)ccc1Br)C(=O)OC(C)(C)C. The molecule has 1 amide bonds. The first-order valence-electron chi connectivity index (χ1n) is 7.78. The van der Waals surface area contributed by atoms with Gasteiger partial charge in [-0.3, -0.25) is 0 Å². The fourth-order valence-corrected chi connectivity index (χ4v) is 2.28. The second-order valence-corrected chi connectivity index (χ2v) is 7.21. The van der Waals surface area contributed by atoms with E-state index in [4.69, 9.17) is 4.74 Å². The maximum atomic E-state index is 13.5. The molecule has 0 aromatic heterocycles. The number of hydrogen-bond acceptors (Lipinski definition) is 4. The van der Waals surface area contributed by atoms with Gasteiger partial charge in [-0.05, 0) is 51.0 Å². The van der Waals surface area contributed by atoms with E-state index >= 15 is 0 Å². The Morgan fingerprint density at radius 1 is 1.32 bits per heavy atom. The molecular formula is C18H23BrFNO4. The van der Waals surface area contributed by atoms with Gasteiger partial charge in [-0.25, -0.2) is 14.0 Å². The molecule has 25 heavy (non-hydrogen) atoms. The smallest absolute Gasteiger partial charge is 0.410 e. The molecule has 0 atom stereocenters. The molecule has 0 N–H and O–H groups in total. The number of rotatable bonds is 6. The molecule has 5 nitrogen and oxygen atoms in total. The minimum Gasteiger partial charge on any atom is -0.466 e. The van der Waals surface area contributed by atoms with E-state index in [0.717, 1.165) is 0 Å². The summed E-state index contributed by atoms with van der Waals surface area (Å²) < 4.78 is 24.1. The molecule has 0 fully saturated rings. The number of nitrogens with zero attached hydrogens (tertiary/aromatic N) is 1. The van der Waals surface area contributed by atoms with Crippen molar-refractivity contribution in [1.29, 1.82) is 0 Å². The highest BCUT2D eigenvalue weighted by Gasteiger charge is 2.22. The monoisotopic (exact) mass is 415 g/mol. The Labute approximate surface area is 155 Å². The van der Waals surface area contributed by atoms with Crippen LogP contribution >= 0.6 is 15.9 Å². The second kappa shape index (κ2) is 9.56. The second-order valence-electron chi connectivity index (χ2n) is 6.35. The summed E-state index contributed by atoms with van der Waals surface area (Å²) in [7, 11) is 1.29. The molecule has 0 radical (unpaired) electrons. The summed E-state index contributed by atoms with van der Waals surface area (Å²) in [6.45, 7) is 5.82. The first-order chi connectivity index (χ1) is 11.6. The molecule has 1 aromatic carbocycles. The lowest BCUT2D eigenvalue weighted by molar-refractivity contribution is -0.134. The molecule has 0 saturated carbocycles. The number of carbonyl (C=O) groups is 2. The van der Waals surface area contributed by atoms with Crippen LogP contribution < -0.4 is 0 Å². The van der Waals surface area contributed by atoms with Crippen LogP contribution in [0.5, 0.6) is 0 Å². The quantitative estimate of drug-likeness (QED) is 0.508. The molecule has 0 spiro atoms. The fourth-order valence-electron chi connectivity index (χ4n) is 1.91. The molecule has 0 aliphatic heterocycles. The summed E-state index contributed by atoms with van der Waals surface area (Å²) in [5.41, 5.74) is -0.0149. The molecule has 1 rings (SSSR count). The van der Waals surface area contributed by atoms with Crippen LogP contribution in [0.25, 0.3) is 0 Å². The first-order valence-corrected chi connectivity index (χ1v) is 8.58. The van der Waals surface area contributed by atoms with Crippen LogP contribution in [0.4, 0.5) is 9.18 Å². The minimum absolute atomic E-state index is 0.180. The summed E-state index contributed by atoms with van der Waals surface area (Å²) in [5.74, 6) is -0.843. The van der Waals surface area contributed by atoms with Gasteiger partial charge in [0.15, 0.2) is 0 Å².